The van der Waals surface area contributed by atoms with Crippen LogP contribution in [0.1, 0.15) is 51.6 Å². The van der Waals surface area contributed by atoms with Gasteiger partial charge in [-0.05, 0) is 51.3 Å². The predicted molar refractivity (Wildman–Crippen MR) is 88.4 cm³/mol. The highest BCUT2D eigenvalue weighted by Gasteiger charge is 2.21. The molecular weight excluding hydrogens is 244 g/mol. The Balaban J connectivity index is 2.22. The first-order valence-electron chi connectivity index (χ1n) is 7.93. The second-order valence-corrected chi connectivity index (χ2v) is 5.94. The topological polar surface area (TPSA) is 15.3 Å². The van der Waals surface area contributed by atoms with Crippen LogP contribution in [0.2, 0.25) is 0 Å². The second kappa shape index (κ2) is 7.49. The van der Waals surface area contributed by atoms with Gasteiger partial charge < -0.3 is 10.2 Å². The Kier molecular flexibility index (Phi) is 5.66. The highest BCUT2D eigenvalue weighted by Crippen LogP contribution is 2.32. The minimum atomic E-state index is 0.517. The number of anilines is 1. The molecule has 0 spiro atoms. The summed E-state index contributed by atoms with van der Waals surface area (Å²) >= 11 is 0. The Labute approximate surface area is 123 Å². The lowest BCUT2D eigenvalue weighted by Gasteiger charge is -2.25. The molecule has 0 fully saturated rings. The van der Waals surface area contributed by atoms with Gasteiger partial charge in [0.05, 0.1) is 0 Å². The molecule has 1 atom stereocenters. The van der Waals surface area contributed by atoms with Crippen LogP contribution in [0.4, 0.5) is 5.69 Å². The van der Waals surface area contributed by atoms with Gasteiger partial charge in [0.1, 0.15) is 0 Å². The zero-order valence-electron chi connectivity index (χ0n) is 13.2. The molecule has 0 aromatic heterocycles. The summed E-state index contributed by atoms with van der Waals surface area (Å²) < 4.78 is 0. The number of hydrogen-bond donors (Lipinski definition) is 1. The average molecular weight is 272 g/mol. The first-order valence-corrected chi connectivity index (χ1v) is 7.93. The summed E-state index contributed by atoms with van der Waals surface area (Å²) in [6.45, 7) is 9.87. The number of benzene rings is 1. The Morgan fingerprint density at radius 2 is 2.15 bits per heavy atom. The van der Waals surface area contributed by atoms with E-state index in [-0.39, 0.29) is 0 Å². The van der Waals surface area contributed by atoms with E-state index in [9.17, 15) is 0 Å². The smallest absolute Gasteiger partial charge is 0.0417 e. The van der Waals surface area contributed by atoms with Gasteiger partial charge in [-0.25, -0.2) is 0 Å². The number of fused-ring (bicyclic) bond motifs is 1. The molecular formula is C18H28N2. The molecule has 0 amide bonds. The van der Waals surface area contributed by atoms with Crippen molar-refractivity contribution in [2.24, 2.45) is 0 Å². The van der Waals surface area contributed by atoms with Crippen molar-refractivity contribution < 1.29 is 0 Å². The standard InChI is InChI=1S/C18H28N2/c1-4-12-19-17-9-7-13-20(14-11-15(2)3)18-10-6-5-8-16(17)18/h5-6,8,10-11,17,19H,4,7,9,12-14H2,1-3H3. The fraction of sp³-hybridized carbons (Fsp3) is 0.556. The molecule has 1 aromatic carbocycles. The molecule has 0 radical (unpaired) electrons. The molecule has 1 aliphatic heterocycles. The van der Waals surface area contributed by atoms with Crippen molar-refractivity contribution in [3.8, 4) is 0 Å². The van der Waals surface area contributed by atoms with Gasteiger partial charge in [-0.15, -0.1) is 0 Å². The minimum absolute atomic E-state index is 0.517. The maximum Gasteiger partial charge on any atom is 0.0417 e. The zero-order chi connectivity index (χ0) is 14.4. The van der Waals surface area contributed by atoms with Crippen LogP contribution in [0.25, 0.3) is 0 Å². The van der Waals surface area contributed by atoms with E-state index in [4.69, 9.17) is 0 Å². The van der Waals surface area contributed by atoms with Crippen LogP contribution in [-0.2, 0) is 0 Å². The van der Waals surface area contributed by atoms with Gasteiger partial charge in [0.25, 0.3) is 0 Å². The van der Waals surface area contributed by atoms with Crippen LogP contribution in [0, 0.1) is 0 Å². The van der Waals surface area contributed by atoms with Crippen LogP contribution in [0.15, 0.2) is 35.9 Å². The van der Waals surface area contributed by atoms with Crippen molar-refractivity contribution in [1.29, 1.82) is 0 Å². The third-order valence-corrected chi connectivity index (χ3v) is 3.93. The molecule has 1 aliphatic rings. The zero-order valence-corrected chi connectivity index (χ0v) is 13.2. The molecule has 1 unspecified atom stereocenters. The molecule has 110 valence electrons. The van der Waals surface area contributed by atoms with Gasteiger partial charge in [-0.2, -0.15) is 0 Å². The Bertz CT molecular complexity index is 446. The molecule has 2 rings (SSSR count). The summed E-state index contributed by atoms with van der Waals surface area (Å²) in [4.78, 5) is 2.52. The van der Waals surface area contributed by atoms with E-state index < -0.39 is 0 Å². The molecule has 1 aromatic rings. The summed E-state index contributed by atoms with van der Waals surface area (Å²) in [6.07, 6.45) is 6.02. The van der Waals surface area contributed by atoms with Gasteiger partial charge >= 0.3 is 0 Å². The summed E-state index contributed by atoms with van der Waals surface area (Å²) in [5, 5.41) is 3.71. The number of rotatable bonds is 5. The second-order valence-electron chi connectivity index (χ2n) is 5.94. The summed E-state index contributed by atoms with van der Waals surface area (Å²) in [6, 6.07) is 9.42. The van der Waals surface area contributed by atoms with Crippen molar-refractivity contribution in [2.75, 3.05) is 24.5 Å². The first-order chi connectivity index (χ1) is 9.72. The van der Waals surface area contributed by atoms with E-state index in [1.165, 1.54) is 36.1 Å². The highest BCUT2D eigenvalue weighted by molar-refractivity contribution is 5.56. The maximum atomic E-state index is 3.71. The molecule has 0 aliphatic carbocycles. The fourth-order valence-electron chi connectivity index (χ4n) is 2.85. The van der Waals surface area contributed by atoms with E-state index >= 15 is 0 Å². The van der Waals surface area contributed by atoms with Crippen molar-refractivity contribution in [1.82, 2.24) is 5.32 Å². The monoisotopic (exact) mass is 272 g/mol. The Hall–Kier alpha value is -1.28. The summed E-state index contributed by atoms with van der Waals surface area (Å²) in [7, 11) is 0. The molecule has 0 saturated carbocycles. The molecule has 0 saturated heterocycles. The number of para-hydroxylation sites is 1. The average Bonchev–Trinajstić information content (AvgIpc) is 2.62. The third kappa shape index (κ3) is 3.86. The maximum absolute atomic E-state index is 3.71. The van der Waals surface area contributed by atoms with Gasteiger partial charge in [0.15, 0.2) is 0 Å². The lowest BCUT2D eigenvalue weighted by Crippen LogP contribution is -2.25. The largest absolute Gasteiger partial charge is 0.368 e. The van der Waals surface area contributed by atoms with Crippen molar-refractivity contribution in [2.45, 2.75) is 46.1 Å². The molecule has 2 nitrogen and oxygen atoms in total. The predicted octanol–water partition coefficient (Wildman–Crippen LogP) is 4.29. The lowest BCUT2D eigenvalue weighted by atomic mass is 10.0. The minimum Gasteiger partial charge on any atom is -0.368 e. The summed E-state index contributed by atoms with van der Waals surface area (Å²) in [5.74, 6) is 0. The SMILES string of the molecule is CCCNC1CCCN(CC=C(C)C)c2ccccc21. The number of nitrogens with one attached hydrogen (secondary N) is 1. The number of hydrogen-bond acceptors (Lipinski definition) is 2. The van der Waals surface area contributed by atoms with Crippen LogP contribution in [-0.4, -0.2) is 19.6 Å². The van der Waals surface area contributed by atoms with E-state index in [1.54, 1.807) is 0 Å². The van der Waals surface area contributed by atoms with E-state index in [2.05, 4.69) is 61.3 Å². The lowest BCUT2D eigenvalue weighted by molar-refractivity contribution is 0.496. The van der Waals surface area contributed by atoms with Gasteiger partial charge in [0, 0.05) is 24.8 Å². The van der Waals surface area contributed by atoms with E-state index in [0.29, 0.717) is 6.04 Å². The number of allylic oxidation sites excluding steroid dienone is 1. The highest BCUT2D eigenvalue weighted by atomic mass is 15.1. The van der Waals surface area contributed by atoms with E-state index in [1.807, 2.05) is 0 Å². The van der Waals surface area contributed by atoms with Crippen molar-refractivity contribution in [3.63, 3.8) is 0 Å². The van der Waals surface area contributed by atoms with Gasteiger partial charge in [-0.1, -0.05) is 36.8 Å². The molecule has 0 bridgehead atoms. The molecule has 2 heteroatoms. The van der Waals surface area contributed by atoms with Crippen LogP contribution < -0.4 is 10.2 Å². The molecule has 1 N–H and O–H groups in total. The van der Waals surface area contributed by atoms with Crippen molar-refractivity contribution >= 4 is 5.69 Å². The molecule has 20 heavy (non-hydrogen) atoms. The quantitative estimate of drug-likeness (QED) is 0.804. The number of nitrogens with zero attached hydrogens (tertiary/aromatic N) is 1. The molecule has 1 heterocycles. The fourth-order valence-corrected chi connectivity index (χ4v) is 2.85. The van der Waals surface area contributed by atoms with Crippen LogP contribution in [0.3, 0.4) is 0 Å². The van der Waals surface area contributed by atoms with Crippen LogP contribution >= 0.6 is 0 Å². The van der Waals surface area contributed by atoms with Crippen molar-refractivity contribution in [3.05, 3.63) is 41.5 Å². The third-order valence-electron chi connectivity index (χ3n) is 3.93. The van der Waals surface area contributed by atoms with E-state index in [0.717, 1.165) is 19.6 Å². The first kappa shape index (κ1) is 15.1. The Morgan fingerprint density at radius 3 is 2.90 bits per heavy atom. The normalized spacial score (nSPS) is 18.4. The van der Waals surface area contributed by atoms with Gasteiger partial charge in [0.2, 0.25) is 0 Å². The van der Waals surface area contributed by atoms with Gasteiger partial charge in [-0.3, -0.25) is 0 Å². The summed E-state index contributed by atoms with van der Waals surface area (Å²) in [5.41, 5.74) is 4.28. The van der Waals surface area contributed by atoms with Crippen LogP contribution in [0.5, 0.6) is 0 Å². The Morgan fingerprint density at radius 1 is 1.35 bits per heavy atom.